The van der Waals surface area contributed by atoms with Crippen molar-refractivity contribution in [3.8, 4) is 11.5 Å². The van der Waals surface area contributed by atoms with Crippen LogP contribution < -0.4 is 9.47 Å². The molecule has 2 fully saturated rings. The number of hydrogen-bond acceptors (Lipinski definition) is 6. The van der Waals surface area contributed by atoms with Gasteiger partial charge in [0.2, 0.25) is 0 Å². The van der Waals surface area contributed by atoms with E-state index in [4.69, 9.17) is 18.9 Å². The first-order valence-electron chi connectivity index (χ1n) is 9.48. The molecule has 0 aromatic heterocycles. The number of benzene rings is 2. The van der Waals surface area contributed by atoms with Crippen molar-refractivity contribution in [2.45, 2.75) is 25.4 Å². The molecule has 28 heavy (non-hydrogen) atoms. The minimum absolute atomic E-state index is 0.0520. The molecule has 150 valence electrons. The monoisotopic (exact) mass is 386 g/mol. The Hall–Kier alpha value is -2.12. The molecule has 0 spiro atoms. The van der Waals surface area contributed by atoms with Crippen LogP contribution in [0.15, 0.2) is 36.4 Å². The molecule has 6 nitrogen and oxygen atoms in total. The fourth-order valence-electron chi connectivity index (χ4n) is 4.39. The summed E-state index contributed by atoms with van der Waals surface area (Å²) < 4.78 is 23.1. The Morgan fingerprint density at radius 1 is 0.786 bits per heavy atom. The summed E-state index contributed by atoms with van der Waals surface area (Å²) in [5.41, 5.74) is 3.56. The Labute approximate surface area is 164 Å². The van der Waals surface area contributed by atoms with Gasteiger partial charge in [-0.2, -0.15) is 0 Å². The van der Waals surface area contributed by atoms with Crippen LogP contribution in [0.2, 0.25) is 0 Å². The zero-order valence-corrected chi connectivity index (χ0v) is 16.1. The first-order valence-corrected chi connectivity index (χ1v) is 9.48. The lowest BCUT2D eigenvalue weighted by atomic mass is 9.84. The quantitative estimate of drug-likeness (QED) is 0.795. The number of methoxy groups -OCH3 is 2. The highest BCUT2D eigenvalue weighted by Gasteiger charge is 2.48. The van der Waals surface area contributed by atoms with E-state index in [9.17, 15) is 10.2 Å². The van der Waals surface area contributed by atoms with Crippen LogP contribution >= 0.6 is 0 Å². The van der Waals surface area contributed by atoms with E-state index in [2.05, 4.69) is 0 Å². The van der Waals surface area contributed by atoms with Crippen molar-refractivity contribution in [3.05, 3.63) is 58.7 Å². The van der Waals surface area contributed by atoms with E-state index >= 15 is 0 Å². The van der Waals surface area contributed by atoms with Gasteiger partial charge in [-0.25, -0.2) is 0 Å². The molecule has 2 heterocycles. The number of ether oxygens (including phenoxy) is 4. The maximum Gasteiger partial charge on any atom is 0.161 e. The minimum atomic E-state index is -0.102. The van der Waals surface area contributed by atoms with Gasteiger partial charge in [0.1, 0.15) is 0 Å². The SMILES string of the molecule is COc1ccc([C@@H]2OC[C@H]3[C@@H]2CO[C@@H]3c2ccc(CO)c(CO)c2)cc1OC. The van der Waals surface area contributed by atoms with E-state index in [0.717, 1.165) is 22.3 Å². The smallest absolute Gasteiger partial charge is 0.161 e. The van der Waals surface area contributed by atoms with Gasteiger partial charge in [0.15, 0.2) is 11.5 Å². The van der Waals surface area contributed by atoms with Crippen LogP contribution in [0.3, 0.4) is 0 Å². The van der Waals surface area contributed by atoms with E-state index in [0.29, 0.717) is 24.7 Å². The topological polar surface area (TPSA) is 77.4 Å². The molecule has 2 N–H and O–H groups in total. The third kappa shape index (κ3) is 3.26. The molecule has 2 aliphatic heterocycles. The van der Waals surface area contributed by atoms with Crippen molar-refractivity contribution in [1.82, 2.24) is 0 Å². The fraction of sp³-hybridized carbons (Fsp3) is 0.455. The average molecular weight is 386 g/mol. The lowest BCUT2D eigenvalue weighted by Gasteiger charge is -2.18. The van der Waals surface area contributed by atoms with E-state index in [1.807, 2.05) is 36.4 Å². The molecule has 4 rings (SSSR count). The summed E-state index contributed by atoms with van der Waals surface area (Å²) in [6.45, 7) is 1.04. The normalized spacial score (nSPS) is 26.3. The molecule has 0 saturated carbocycles. The zero-order valence-electron chi connectivity index (χ0n) is 16.1. The average Bonchev–Trinajstić information content (AvgIpc) is 3.35. The van der Waals surface area contributed by atoms with Gasteiger partial charge in [-0.15, -0.1) is 0 Å². The van der Waals surface area contributed by atoms with Crippen LogP contribution in [-0.4, -0.2) is 37.6 Å². The van der Waals surface area contributed by atoms with E-state index in [1.165, 1.54) is 0 Å². The number of aliphatic hydroxyl groups is 2. The van der Waals surface area contributed by atoms with Gasteiger partial charge in [-0.05, 0) is 34.4 Å². The second-order valence-electron chi connectivity index (χ2n) is 7.29. The molecule has 0 aliphatic carbocycles. The maximum absolute atomic E-state index is 9.59. The first kappa shape index (κ1) is 19.2. The van der Waals surface area contributed by atoms with Crippen LogP contribution in [0.5, 0.6) is 11.5 Å². The summed E-state index contributed by atoms with van der Waals surface area (Å²) in [5, 5.41) is 19.0. The van der Waals surface area contributed by atoms with Crippen molar-refractivity contribution >= 4 is 0 Å². The van der Waals surface area contributed by atoms with Crippen molar-refractivity contribution in [1.29, 1.82) is 0 Å². The molecule has 2 aromatic rings. The van der Waals surface area contributed by atoms with Gasteiger partial charge in [-0.3, -0.25) is 0 Å². The zero-order chi connectivity index (χ0) is 19.7. The Kier molecular flexibility index (Phi) is 5.55. The van der Waals surface area contributed by atoms with Crippen molar-refractivity contribution in [2.75, 3.05) is 27.4 Å². The largest absolute Gasteiger partial charge is 0.493 e. The van der Waals surface area contributed by atoms with Crippen molar-refractivity contribution in [3.63, 3.8) is 0 Å². The first-order chi connectivity index (χ1) is 13.7. The summed E-state index contributed by atoms with van der Waals surface area (Å²) in [4.78, 5) is 0. The molecule has 0 unspecified atom stereocenters. The third-order valence-corrected chi connectivity index (χ3v) is 5.90. The van der Waals surface area contributed by atoms with Crippen LogP contribution in [0.4, 0.5) is 0 Å². The van der Waals surface area contributed by atoms with Gasteiger partial charge in [0.05, 0.1) is 52.9 Å². The molecule has 2 aromatic carbocycles. The van der Waals surface area contributed by atoms with Crippen LogP contribution in [0, 0.1) is 11.8 Å². The molecule has 2 aliphatic rings. The molecule has 0 bridgehead atoms. The highest BCUT2D eigenvalue weighted by Crippen LogP contribution is 2.51. The van der Waals surface area contributed by atoms with Gasteiger partial charge in [-0.1, -0.05) is 24.3 Å². The summed E-state index contributed by atoms with van der Waals surface area (Å²) in [6, 6.07) is 11.7. The minimum Gasteiger partial charge on any atom is -0.493 e. The number of hydrogen-bond donors (Lipinski definition) is 2. The molecule has 4 atom stereocenters. The van der Waals surface area contributed by atoms with Gasteiger partial charge >= 0.3 is 0 Å². The number of aliphatic hydroxyl groups excluding tert-OH is 2. The van der Waals surface area contributed by atoms with Crippen LogP contribution in [0.1, 0.15) is 34.5 Å². The second kappa shape index (κ2) is 8.09. The summed E-state index contributed by atoms with van der Waals surface area (Å²) in [5.74, 6) is 1.87. The third-order valence-electron chi connectivity index (χ3n) is 5.90. The predicted molar refractivity (Wildman–Crippen MR) is 102 cm³/mol. The molecule has 6 heteroatoms. The summed E-state index contributed by atoms with van der Waals surface area (Å²) in [7, 11) is 3.25. The van der Waals surface area contributed by atoms with Crippen LogP contribution in [0.25, 0.3) is 0 Å². The maximum atomic E-state index is 9.59. The molecular formula is C22H26O6. The Morgan fingerprint density at radius 3 is 1.93 bits per heavy atom. The summed E-state index contributed by atoms with van der Waals surface area (Å²) in [6.07, 6.45) is -0.128. The molecular weight excluding hydrogens is 360 g/mol. The van der Waals surface area contributed by atoms with Gasteiger partial charge in [0.25, 0.3) is 0 Å². The standard InChI is InChI=1S/C22H26O6/c1-25-19-6-5-14(8-20(19)26-2)22-18-12-27-21(17(18)11-28-22)13-3-4-15(9-23)16(7-13)10-24/h3-8,17-18,21-24H,9-12H2,1-2H3/t17-,18-,21+,22-/m0/s1. The van der Waals surface area contributed by atoms with E-state index in [1.54, 1.807) is 14.2 Å². The number of fused-ring (bicyclic) bond motifs is 1. The number of rotatable bonds is 6. The molecule has 0 radical (unpaired) electrons. The Balaban J connectivity index is 1.57. The fourth-order valence-corrected chi connectivity index (χ4v) is 4.39. The van der Waals surface area contributed by atoms with E-state index in [-0.39, 0.29) is 37.3 Å². The second-order valence-corrected chi connectivity index (χ2v) is 7.29. The van der Waals surface area contributed by atoms with Crippen molar-refractivity contribution in [2.24, 2.45) is 11.8 Å². The Morgan fingerprint density at radius 2 is 1.36 bits per heavy atom. The van der Waals surface area contributed by atoms with Gasteiger partial charge < -0.3 is 29.2 Å². The lowest BCUT2D eigenvalue weighted by molar-refractivity contribution is 0.0191. The summed E-state index contributed by atoms with van der Waals surface area (Å²) >= 11 is 0. The predicted octanol–water partition coefficient (Wildman–Crippen LogP) is 2.76. The highest BCUT2D eigenvalue weighted by molar-refractivity contribution is 5.44. The molecule has 0 amide bonds. The van der Waals surface area contributed by atoms with E-state index < -0.39 is 0 Å². The van der Waals surface area contributed by atoms with Crippen LogP contribution in [-0.2, 0) is 22.7 Å². The van der Waals surface area contributed by atoms with Crippen molar-refractivity contribution < 1.29 is 29.2 Å². The molecule has 2 saturated heterocycles. The lowest BCUT2D eigenvalue weighted by Crippen LogP contribution is -2.15. The Bertz CT molecular complexity index is 766. The van der Waals surface area contributed by atoms with Gasteiger partial charge in [0, 0.05) is 11.8 Å². The highest BCUT2D eigenvalue weighted by atomic mass is 16.5.